The fraction of sp³-hybridized carbons (Fsp3) is 0.286. The van der Waals surface area contributed by atoms with Crippen LogP contribution in [0.15, 0.2) is 24.3 Å². The van der Waals surface area contributed by atoms with Crippen molar-refractivity contribution in [2.24, 2.45) is 0 Å². The molecule has 100 valence electrons. The molecule has 2 rings (SSSR count). The zero-order valence-electron chi connectivity index (χ0n) is 11.0. The van der Waals surface area contributed by atoms with E-state index in [0.717, 1.165) is 5.69 Å². The maximum atomic E-state index is 12.9. The molecule has 0 fully saturated rings. The molecule has 1 heterocycles. The molecular weight excluding hydrogens is 247 g/mol. The van der Waals surface area contributed by atoms with Crippen molar-refractivity contribution < 1.29 is 14.3 Å². The molecule has 2 aromatic rings. The van der Waals surface area contributed by atoms with Crippen LogP contribution in [-0.4, -0.2) is 20.9 Å². The highest BCUT2D eigenvalue weighted by Gasteiger charge is 2.22. The van der Waals surface area contributed by atoms with Gasteiger partial charge in [0.25, 0.3) is 0 Å². The van der Waals surface area contributed by atoms with Gasteiger partial charge in [0, 0.05) is 5.56 Å². The van der Waals surface area contributed by atoms with Crippen molar-refractivity contribution >= 4 is 5.97 Å². The third-order valence-corrected chi connectivity index (χ3v) is 2.98. The van der Waals surface area contributed by atoms with Gasteiger partial charge in [-0.15, -0.1) is 0 Å². The zero-order valence-corrected chi connectivity index (χ0v) is 11.0. The van der Waals surface area contributed by atoms with Crippen molar-refractivity contribution in [2.75, 3.05) is 0 Å². The van der Waals surface area contributed by atoms with Gasteiger partial charge in [-0.1, -0.05) is 13.8 Å². The Balaban J connectivity index is 2.65. The molecule has 1 aromatic heterocycles. The first kappa shape index (κ1) is 13.3. The minimum Gasteiger partial charge on any atom is -0.477 e. The molecule has 1 aromatic carbocycles. The van der Waals surface area contributed by atoms with Gasteiger partial charge in [-0.25, -0.2) is 13.9 Å². The maximum Gasteiger partial charge on any atom is 0.354 e. The standard InChI is InChI=1S/C14H15FN2O2/c1-8(2)12-9(3)13(14(18)19)17(16-12)11-6-4-10(15)5-7-11/h4-8H,1-3H3,(H,18,19). The second-order valence-corrected chi connectivity index (χ2v) is 4.71. The van der Waals surface area contributed by atoms with Crippen molar-refractivity contribution in [3.8, 4) is 5.69 Å². The average Bonchev–Trinajstić information content (AvgIpc) is 2.68. The predicted molar refractivity (Wildman–Crippen MR) is 69.3 cm³/mol. The average molecular weight is 262 g/mol. The van der Waals surface area contributed by atoms with Gasteiger partial charge in [-0.05, 0) is 37.1 Å². The number of aromatic carboxylic acids is 1. The molecule has 0 bridgehead atoms. The summed E-state index contributed by atoms with van der Waals surface area (Å²) >= 11 is 0. The van der Waals surface area contributed by atoms with Gasteiger partial charge in [0.05, 0.1) is 11.4 Å². The number of halogens is 1. The molecule has 0 saturated heterocycles. The van der Waals surface area contributed by atoms with E-state index < -0.39 is 5.97 Å². The molecule has 5 heteroatoms. The van der Waals surface area contributed by atoms with Crippen LogP contribution in [0.2, 0.25) is 0 Å². The fourth-order valence-electron chi connectivity index (χ4n) is 2.08. The SMILES string of the molecule is Cc1c(C(C)C)nn(-c2ccc(F)cc2)c1C(=O)O. The maximum absolute atomic E-state index is 12.9. The number of benzene rings is 1. The van der Waals surface area contributed by atoms with E-state index in [2.05, 4.69) is 5.10 Å². The summed E-state index contributed by atoms with van der Waals surface area (Å²) in [5.41, 5.74) is 2.04. The third-order valence-electron chi connectivity index (χ3n) is 2.98. The molecule has 1 N–H and O–H groups in total. The summed E-state index contributed by atoms with van der Waals surface area (Å²) in [5.74, 6) is -1.28. The summed E-state index contributed by atoms with van der Waals surface area (Å²) in [5, 5.41) is 13.7. The van der Waals surface area contributed by atoms with Gasteiger partial charge in [0.2, 0.25) is 0 Å². The number of rotatable bonds is 3. The summed E-state index contributed by atoms with van der Waals surface area (Å²) in [4.78, 5) is 11.4. The van der Waals surface area contributed by atoms with Crippen molar-refractivity contribution in [1.29, 1.82) is 0 Å². The van der Waals surface area contributed by atoms with Gasteiger partial charge in [0.15, 0.2) is 5.69 Å². The Morgan fingerprint density at radius 1 is 1.32 bits per heavy atom. The van der Waals surface area contributed by atoms with Gasteiger partial charge in [-0.3, -0.25) is 0 Å². The van der Waals surface area contributed by atoms with E-state index in [0.29, 0.717) is 11.3 Å². The van der Waals surface area contributed by atoms with Crippen molar-refractivity contribution in [3.63, 3.8) is 0 Å². The molecule has 0 radical (unpaired) electrons. The highest BCUT2D eigenvalue weighted by molar-refractivity contribution is 5.88. The molecule has 0 aliphatic rings. The van der Waals surface area contributed by atoms with Gasteiger partial charge in [0.1, 0.15) is 5.82 Å². The summed E-state index contributed by atoms with van der Waals surface area (Å²) in [6, 6.07) is 5.59. The monoisotopic (exact) mass is 262 g/mol. The molecule has 0 atom stereocenters. The number of aromatic nitrogens is 2. The number of hydrogen-bond acceptors (Lipinski definition) is 2. The van der Waals surface area contributed by atoms with Crippen molar-refractivity contribution in [3.05, 3.63) is 47.0 Å². The van der Waals surface area contributed by atoms with Crippen LogP contribution in [0.3, 0.4) is 0 Å². The molecule has 0 saturated carbocycles. The Labute approximate surface area is 110 Å². The van der Waals surface area contributed by atoms with Crippen LogP contribution in [-0.2, 0) is 0 Å². The minimum absolute atomic E-state index is 0.121. The van der Waals surface area contributed by atoms with Crippen LogP contribution in [0, 0.1) is 12.7 Å². The summed E-state index contributed by atoms with van der Waals surface area (Å²) in [6.07, 6.45) is 0. The summed E-state index contributed by atoms with van der Waals surface area (Å²) in [6.45, 7) is 5.65. The van der Waals surface area contributed by atoms with Crippen molar-refractivity contribution in [1.82, 2.24) is 9.78 Å². The predicted octanol–water partition coefficient (Wildman–Crippen LogP) is 3.14. The topological polar surface area (TPSA) is 55.1 Å². The van der Waals surface area contributed by atoms with E-state index in [9.17, 15) is 14.3 Å². The lowest BCUT2D eigenvalue weighted by molar-refractivity contribution is 0.0686. The molecule has 4 nitrogen and oxygen atoms in total. The van der Waals surface area contributed by atoms with Crippen molar-refractivity contribution in [2.45, 2.75) is 26.7 Å². The second-order valence-electron chi connectivity index (χ2n) is 4.71. The lowest BCUT2D eigenvalue weighted by Gasteiger charge is -2.04. The third kappa shape index (κ3) is 2.36. The Hall–Kier alpha value is -2.17. The van der Waals surface area contributed by atoms with Crippen LogP contribution < -0.4 is 0 Å². The number of carbonyl (C=O) groups is 1. The molecule has 19 heavy (non-hydrogen) atoms. The number of carboxylic acid groups (broad SMARTS) is 1. The Kier molecular flexibility index (Phi) is 3.38. The normalized spacial score (nSPS) is 11.0. The quantitative estimate of drug-likeness (QED) is 0.924. The first-order valence-electron chi connectivity index (χ1n) is 6.00. The second kappa shape index (κ2) is 4.84. The van der Waals surface area contributed by atoms with Crippen LogP contribution >= 0.6 is 0 Å². The lowest BCUT2D eigenvalue weighted by atomic mass is 10.1. The van der Waals surface area contributed by atoms with E-state index in [-0.39, 0.29) is 17.4 Å². The van der Waals surface area contributed by atoms with E-state index in [1.165, 1.54) is 28.9 Å². The number of nitrogens with zero attached hydrogens (tertiary/aromatic N) is 2. The summed E-state index contributed by atoms with van der Waals surface area (Å²) in [7, 11) is 0. The number of hydrogen-bond donors (Lipinski definition) is 1. The molecule has 0 unspecified atom stereocenters. The van der Waals surface area contributed by atoms with E-state index in [1.54, 1.807) is 6.92 Å². The van der Waals surface area contributed by atoms with E-state index >= 15 is 0 Å². The van der Waals surface area contributed by atoms with Gasteiger partial charge >= 0.3 is 5.97 Å². The molecule has 0 aliphatic carbocycles. The zero-order chi connectivity index (χ0) is 14.2. The lowest BCUT2D eigenvalue weighted by Crippen LogP contribution is -2.09. The Morgan fingerprint density at radius 2 is 1.89 bits per heavy atom. The van der Waals surface area contributed by atoms with Gasteiger partial charge in [-0.2, -0.15) is 5.10 Å². The molecular formula is C14H15FN2O2. The molecule has 0 aliphatic heterocycles. The van der Waals surface area contributed by atoms with E-state index in [4.69, 9.17) is 0 Å². The van der Waals surface area contributed by atoms with Crippen LogP contribution in [0.1, 0.15) is 41.5 Å². The smallest absolute Gasteiger partial charge is 0.354 e. The van der Waals surface area contributed by atoms with Crippen LogP contribution in [0.5, 0.6) is 0 Å². The van der Waals surface area contributed by atoms with Crippen LogP contribution in [0.25, 0.3) is 5.69 Å². The number of carboxylic acids is 1. The fourth-order valence-corrected chi connectivity index (χ4v) is 2.08. The Bertz CT molecular complexity index is 615. The minimum atomic E-state index is -1.04. The highest BCUT2D eigenvalue weighted by Crippen LogP contribution is 2.24. The largest absolute Gasteiger partial charge is 0.477 e. The van der Waals surface area contributed by atoms with Crippen LogP contribution in [0.4, 0.5) is 4.39 Å². The Morgan fingerprint density at radius 3 is 2.37 bits per heavy atom. The first-order valence-corrected chi connectivity index (χ1v) is 6.00. The first-order chi connectivity index (χ1) is 8.91. The molecule has 0 amide bonds. The highest BCUT2D eigenvalue weighted by atomic mass is 19.1. The van der Waals surface area contributed by atoms with E-state index in [1.807, 2.05) is 13.8 Å². The molecule has 0 spiro atoms. The van der Waals surface area contributed by atoms with Gasteiger partial charge < -0.3 is 5.11 Å². The summed E-state index contributed by atoms with van der Waals surface area (Å²) < 4.78 is 14.3.